The summed E-state index contributed by atoms with van der Waals surface area (Å²) in [6.45, 7) is 3.57. The Hall–Kier alpha value is -1.73. The molecule has 2 rings (SSSR count). The lowest BCUT2D eigenvalue weighted by Gasteiger charge is -2.08. The van der Waals surface area contributed by atoms with Crippen LogP contribution in [-0.2, 0) is 9.84 Å². The molecule has 1 aromatic carbocycles. The second-order valence-electron chi connectivity index (χ2n) is 4.37. The van der Waals surface area contributed by atoms with Crippen LogP contribution in [0.25, 0.3) is 0 Å². The molecule has 1 heterocycles. The molecule has 20 heavy (non-hydrogen) atoms. The van der Waals surface area contributed by atoms with Gasteiger partial charge < -0.3 is 5.32 Å². The molecule has 1 amide bonds. The van der Waals surface area contributed by atoms with Crippen molar-refractivity contribution >= 4 is 32.8 Å². The van der Waals surface area contributed by atoms with E-state index >= 15 is 0 Å². The molecule has 0 spiro atoms. The molecule has 0 aliphatic heterocycles. The number of nitrogens with one attached hydrogen (secondary N) is 1. The van der Waals surface area contributed by atoms with Crippen LogP contribution in [0.2, 0.25) is 0 Å². The summed E-state index contributed by atoms with van der Waals surface area (Å²) in [5.74, 6) is -0.343. The van der Waals surface area contributed by atoms with E-state index in [1.807, 2.05) is 6.92 Å². The van der Waals surface area contributed by atoms with Gasteiger partial charge in [-0.3, -0.25) is 4.79 Å². The number of nitrogens with zero attached hydrogens (tertiary/aromatic N) is 1. The van der Waals surface area contributed by atoms with Crippen molar-refractivity contribution in [3.63, 3.8) is 0 Å². The molecule has 1 aromatic heterocycles. The van der Waals surface area contributed by atoms with E-state index in [2.05, 4.69) is 10.3 Å². The van der Waals surface area contributed by atoms with Gasteiger partial charge in [0.05, 0.1) is 21.3 Å². The van der Waals surface area contributed by atoms with Gasteiger partial charge in [-0.1, -0.05) is 12.1 Å². The first-order valence-corrected chi connectivity index (χ1v) is 8.54. The molecular formula is C13H14N2O3S2. The summed E-state index contributed by atoms with van der Waals surface area (Å²) < 4.78 is 23.4. The van der Waals surface area contributed by atoms with Crippen molar-refractivity contribution in [1.82, 2.24) is 4.98 Å². The fourth-order valence-corrected chi connectivity index (χ4v) is 3.47. The number of rotatable bonds is 3. The number of para-hydroxylation sites is 1. The minimum atomic E-state index is -3.39. The molecule has 106 valence electrons. The summed E-state index contributed by atoms with van der Waals surface area (Å²) in [6.07, 6.45) is 1.11. The van der Waals surface area contributed by atoms with Gasteiger partial charge in [0.25, 0.3) is 5.91 Å². The van der Waals surface area contributed by atoms with Crippen LogP contribution in [-0.4, -0.2) is 25.6 Å². The second kappa shape index (κ2) is 5.34. The summed E-state index contributed by atoms with van der Waals surface area (Å²) in [7, 11) is -3.39. The summed E-state index contributed by atoms with van der Waals surface area (Å²) in [5.41, 5.74) is 0.923. The highest BCUT2D eigenvalue weighted by molar-refractivity contribution is 7.90. The van der Waals surface area contributed by atoms with Crippen molar-refractivity contribution in [2.75, 3.05) is 11.6 Å². The van der Waals surface area contributed by atoms with E-state index in [1.165, 1.54) is 17.4 Å². The van der Waals surface area contributed by atoms with Gasteiger partial charge in [-0.05, 0) is 26.0 Å². The first-order valence-electron chi connectivity index (χ1n) is 5.83. The minimum absolute atomic E-state index is 0.104. The Bertz CT molecular complexity index is 764. The number of hydrogen-bond acceptors (Lipinski definition) is 5. The van der Waals surface area contributed by atoms with Crippen LogP contribution in [0.15, 0.2) is 29.2 Å². The Morgan fingerprint density at radius 2 is 1.90 bits per heavy atom. The summed E-state index contributed by atoms with van der Waals surface area (Å²) in [5, 5.41) is 3.44. The van der Waals surface area contributed by atoms with E-state index in [1.54, 1.807) is 25.1 Å². The number of aryl methyl sites for hydroxylation is 2. The van der Waals surface area contributed by atoms with Gasteiger partial charge in [0.2, 0.25) is 0 Å². The normalized spacial score (nSPS) is 11.3. The van der Waals surface area contributed by atoms with E-state index in [4.69, 9.17) is 0 Å². The van der Waals surface area contributed by atoms with Crippen molar-refractivity contribution in [2.45, 2.75) is 18.7 Å². The Labute approximate surface area is 121 Å². The molecule has 7 heteroatoms. The molecular weight excluding hydrogens is 296 g/mol. The number of hydrogen-bond donors (Lipinski definition) is 1. The van der Waals surface area contributed by atoms with E-state index in [9.17, 15) is 13.2 Å². The highest BCUT2D eigenvalue weighted by Gasteiger charge is 2.18. The Morgan fingerprint density at radius 3 is 2.45 bits per heavy atom. The van der Waals surface area contributed by atoms with Gasteiger partial charge >= 0.3 is 0 Å². The molecule has 0 unspecified atom stereocenters. The molecule has 0 saturated heterocycles. The smallest absolute Gasteiger partial charge is 0.267 e. The molecule has 2 aromatic rings. The zero-order valence-electron chi connectivity index (χ0n) is 11.3. The van der Waals surface area contributed by atoms with Crippen LogP contribution in [0.3, 0.4) is 0 Å². The van der Waals surface area contributed by atoms with Gasteiger partial charge in [-0.25, -0.2) is 13.4 Å². The molecule has 5 nitrogen and oxygen atoms in total. The standard InChI is InChI=1S/C13H14N2O3S2/c1-8-12(19-9(2)14-8)13(16)15-10-6-4-5-7-11(10)20(3,17)18/h4-7H,1-3H3,(H,15,16). The zero-order valence-corrected chi connectivity index (χ0v) is 12.9. The lowest BCUT2D eigenvalue weighted by Crippen LogP contribution is -2.14. The molecule has 0 saturated carbocycles. The third-order valence-corrected chi connectivity index (χ3v) is 4.87. The predicted octanol–water partition coefficient (Wildman–Crippen LogP) is 2.42. The van der Waals surface area contributed by atoms with Crippen LogP contribution in [0, 0.1) is 13.8 Å². The van der Waals surface area contributed by atoms with Crippen LogP contribution in [0.4, 0.5) is 5.69 Å². The summed E-state index contributed by atoms with van der Waals surface area (Å²) in [6, 6.07) is 6.33. The van der Waals surface area contributed by atoms with Crippen molar-refractivity contribution < 1.29 is 13.2 Å². The lowest BCUT2D eigenvalue weighted by atomic mass is 10.3. The molecule has 0 radical (unpaired) electrons. The summed E-state index contributed by atoms with van der Waals surface area (Å²) in [4.78, 5) is 17.0. The largest absolute Gasteiger partial charge is 0.320 e. The van der Waals surface area contributed by atoms with E-state index in [0.717, 1.165) is 11.3 Å². The van der Waals surface area contributed by atoms with E-state index in [0.29, 0.717) is 10.6 Å². The summed E-state index contributed by atoms with van der Waals surface area (Å²) >= 11 is 1.28. The van der Waals surface area contributed by atoms with Gasteiger partial charge in [0, 0.05) is 6.26 Å². The Morgan fingerprint density at radius 1 is 1.25 bits per heavy atom. The number of sulfone groups is 1. The maximum absolute atomic E-state index is 12.2. The van der Waals surface area contributed by atoms with Crippen LogP contribution >= 0.6 is 11.3 Å². The minimum Gasteiger partial charge on any atom is -0.320 e. The van der Waals surface area contributed by atoms with Crippen LogP contribution < -0.4 is 5.32 Å². The highest BCUT2D eigenvalue weighted by atomic mass is 32.2. The zero-order chi connectivity index (χ0) is 14.9. The maximum Gasteiger partial charge on any atom is 0.267 e. The SMILES string of the molecule is Cc1nc(C)c(C(=O)Nc2ccccc2S(C)(=O)=O)s1. The number of aromatic nitrogens is 1. The second-order valence-corrected chi connectivity index (χ2v) is 7.56. The number of carbonyl (C=O) groups is 1. The fourth-order valence-electron chi connectivity index (χ4n) is 1.81. The van der Waals surface area contributed by atoms with Crippen LogP contribution in [0.1, 0.15) is 20.4 Å². The first-order chi connectivity index (χ1) is 9.29. The van der Waals surface area contributed by atoms with Gasteiger partial charge in [-0.2, -0.15) is 0 Å². The lowest BCUT2D eigenvalue weighted by molar-refractivity contribution is 0.102. The van der Waals surface area contributed by atoms with Crippen molar-refractivity contribution in [3.05, 3.63) is 39.8 Å². The Kier molecular flexibility index (Phi) is 3.92. The quantitative estimate of drug-likeness (QED) is 0.944. The third-order valence-electron chi connectivity index (χ3n) is 2.64. The van der Waals surface area contributed by atoms with Gasteiger partial charge in [0.15, 0.2) is 9.84 Å². The van der Waals surface area contributed by atoms with Crippen molar-refractivity contribution in [3.8, 4) is 0 Å². The third kappa shape index (κ3) is 3.05. The Balaban J connectivity index is 2.36. The average Bonchev–Trinajstić information content (AvgIpc) is 2.68. The molecule has 0 fully saturated rings. The van der Waals surface area contributed by atoms with E-state index in [-0.39, 0.29) is 16.5 Å². The topological polar surface area (TPSA) is 76.1 Å². The predicted molar refractivity (Wildman–Crippen MR) is 79.1 cm³/mol. The van der Waals surface area contributed by atoms with Crippen molar-refractivity contribution in [1.29, 1.82) is 0 Å². The number of benzene rings is 1. The number of carbonyl (C=O) groups excluding carboxylic acids is 1. The maximum atomic E-state index is 12.2. The molecule has 1 N–H and O–H groups in total. The molecule has 0 aliphatic carbocycles. The highest BCUT2D eigenvalue weighted by Crippen LogP contribution is 2.23. The molecule has 0 aliphatic rings. The number of anilines is 1. The van der Waals surface area contributed by atoms with Gasteiger partial charge in [0.1, 0.15) is 4.88 Å². The monoisotopic (exact) mass is 310 g/mol. The number of amides is 1. The first kappa shape index (κ1) is 14.7. The van der Waals surface area contributed by atoms with Crippen molar-refractivity contribution in [2.24, 2.45) is 0 Å². The van der Waals surface area contributed by atoms with E-state index < -0.39 is 9.84 Å². The average molecular weight is 310 g/mol. The fraction of sp³-hybridized carbons (Fsp3) is 0.231. The number of thiazole rings is 1. The van der Waals surface area contributed by atoms with Crippen LogP contribution in [0.5, 0.6) is 0 Å². The van der Waals surface area contributed by atoms with Gasteiger partial charge in [-0.15, -0.1) is 11.3 Å². The molecule has 0 atom stereocenters. The molecule has 0 bridgehead atoms.